The molecule has 0 bridgehead atoms. The predicted octanol–water partition coefficient (Wildman–Crippen LogP) is 1.34. The maximum absolute atomic E-state index is 11.2. The number of carbonyl (C=O) groups excluding carboxylic acids is 1. The zero-order chi connectivity index (χ0) is 8.65. The quantitative estimate of drug-likeness (QED) is 0.668. The first-order valence-corrected chi connectivity index (χ1v) is 4.22. The van der Waals surface area contributed by atoms with Crippen molar-refractivity contribution in [1.82, 2.24) is 0 Å². The third-order valence-corrected chi connectivity index (χ3v) is 2.67. The van der Waals surface area contributed by atoms with E-state index in [4.69, 9.17) is 5.73 Å². The van der Waals surface area contributed by atoms with Crippen molar-refractivity contribution in [1.29, 1.82) is 0 Å². The fraction of sp³-hybridized carbons (Fsp3) is 0.889. The number of hydrogen-bond acceptors (Lipinski definition) is 2. The van der Waals surface area contributed by atoms with Crippen molar-refractivity contribution in [2.75, 3.05) is 0 Å². The lowest BCUT2D eigenvalue weighted by Crippen LogP contribution is -2.27. The molecular formula is C9H17NO. The first-order chi connectivity index (χ1) is 4.93. The zero-order valence-corrected chi connectivity index (χ0v) is 7.55. The van der Waals surface area contributed by atoms with E-state index in [1.165, 1.54) is 6.42 Å². The summed E-state index contributed by atoms with van der Waals surface area (Å²) in [5.74, 6) is 0.807. The highest BCUT2D eigenvalue weighted by Crippen LogP contribution is 2.53. The van der Waals surface area contributed by atoms with Crippen LogP contribution in [-0.2, 0) is 4.79 Å². The maximum atomic E-state index is 11.2. The molecule has 0 saturated heterocycles. The minimum absolute atomic E-state index is 0.209. The monoisotopic (exact) mass is 155 g/mol. The van der Waals surface area contributed by atoms with Crippen molar-refractivity contribution in [2.45, 2.75) is 39.7 Å². The first kappa shape index (κ1) is 8.72. The van der Waals surface area contributed by atoms with Gasteiger partial charge in [-0.3, -0.25) is 4.79 Å². The van der Waals surface area contributed by atoms with Gasteiger partial charge in [-0.15, -0.1) is 0 Å². The van der Waals surface area contributed by atoms with Crippen LogP contribution in [0.5, 0.6) is 0 Å². The number of nitrogens with two attached hydrogens (primary N) is 1. The molecule has 0 spiro atoms. The van der Waals surface area contributed by atoms with Crippen LogP contribution in [0.25, 0.3) is 0 Å². The average molecular weight is 155 g/mol. The van der Waals surface area contributed by atoms with Crippen LogP contribution >= 0.6 is 0 Å². The maximum Gasteiger partial charge on any atom is 0.149 e. The van der Waals surface area contributed by atoms with Gasteiger partial charge in [-0.1, -0.05) is 13.8 Å². The van der Waals surface area contributed by atoms with E-state index >= 15 is 0 Å². The van der Waals surface area contributed by atoms with Gasteiger partial charge in [-0.2, -0.15) is 0 Å². The second kappa shape index (κ2) is 2.59. The van der Waals surface area contributed by atoms with E-state index in [-0.39, 0.29) is 11.8 Å². The largest absolute Gasteiger partial charge is 0.322 e. The Morgan fingerprint density at radius 2 is 2.18 bits per heavy atom. The zero-order valence-electron chi connectivity index (χ0n) is 7.55. The van der Waals surface area contributed by atoms with E-state index in [1.54, 1.807) is 6.92 Å². The lowest BCUT2D eigenvalue weighted by atomic mass is 10.0. The van der Waals surface area contributed by atoms with Gasteiger partial charge < -0.3 is 5.73 Å². The molecule has 1 aliphatic rings. The van der Waals surface area contributed by atoms with Crippen LogP contribution in [0.15, 0.2) is 0 Å². The van der Waals surface area contributed by atoms with Crippen molar-refractivity contribution in [2.24, 2.45) is 17.1 Å². The summed E-state index contributed by atoms with van der Waals surface area (Å²) in [5.41, 5.74) is 5.86. The molecule has 2 atom stereocenters. The molecule has 0 aliphatic heterocycles. The topological polar surface area (TPSA) is 43.1 Å². The molecule has 0 amide bonds. The molecule has 1 saturated carbocycles. The van der Waals surface area contributed by atoms with Gasteiger partial charge in [0.25, 0.3) is 0 Å². The van der Waals surface area contributed by atoms with Gasteiger partial charge in [-0.05, 0) is 24.7 Å². The lowest BCUT2D eigenvalue weighted by molar-refractivity contribution is -0.120. The predicted molar refractivity (Wildman–Crippen MR) is 45.2 cm³/mol. The molecule has 1 unspecified atom stereocenters. The number of hydrogen-bond donors (Lipinski definition) is 1. The van der Waals surface area contributed by atoms with Gasteiger partial charge in [0.2, 0.25) is 0 Å². The van der Waals surface area contributed by atoms with Crippen LogP contribution in [0.1, 0.15) is 33.6 Å². The minimum atomic E-state index is -0.272. The molecular weight excluding hydrogens is 138 g/mol. The molecule has 0 aromatic heterocycles. The van der Waals surface area contributed by atoms with E-state index in [0.29, 0.717) is 17.8 Å². The van der Waals surface area contributed by atoms with Gasteiger partial charge in [0.1, 0.15) is 5.78 Å². The van der Waals surface area contributed by atoms with Crippen molar-refractivity contribution >= 4 is 5.78 Å². The molecule has 0 heterocycles. The Morgan fingerprint density at radius 1 is 1.73 bits per heavy atom. The van der Waals surface area contributed by atoms with Crippen molar-refractivity contribution in [3.05, 3.63) is 0 Å². The molecule has 0 aromatic rings. The van der Waals surface area contributed by atoms with E-state index in [0.717, 1.165) is 0 Å². The molecule has 11 heavy (non-hydrogen) atoms. The fourth-order valence-corrected chi connectivity index (χ4v) is 1.35. The van der Waals surface area contributed by atoms with Crippen molar-refractivity contribution in [3.8, 4) is 0 Å². The molecule has 2 N–H and O–H groups in total. The minimum Gasteiger partial charge on any atom is -0.322 e. The Morgan fingerprint density at radius 3 is 2.45 bits per heavy atom. The SMILES string of the molecule is C[C@@H](N)C(=O)CC1CC1(C)C. The molecule has 2 nitrogen and oxygen atoms in total. The van der Waals surface area contributed by atoms with Gasteiger partial charge >= 0.3 is 0 Å². The summed E-state index contributed by atoms with van der Waals surface area (Å²) < 4.78 is 0. The standard InChI is InChI=1S/C9H17NO/c1-6(10)8(11)4-7-5-9(7,2)3/h6-7H,4-5,10H2,1-3H3/t6-,7?/m1/s1. The fourth-order valence-electron chi connectivity index (χ4n) is 1.35. The number of ketones is 1. The molecule has 1 fully saturated rings. The first-order valence-electron chi connectivity index (χ1n) is 4.22. The highest BCUT2D eigenvalue weighted by atomic mass is 16.1. The van der Waals surface area contributed by atoms with Gasteiger partial charge in [-0.25, -0.2) is 0 Å². The molecule has 2 heteroatoms. The Balaban J connectivity index is 2.29. The highest BCUT2D eigenvalue weighted by molar-refractivity contribution is 5.83. The van der Waals surface area contributed by atoms with Crippen LogP contribution < -0.4 is 5.73 Å². The number of Topliss-reactive ketones (excluding diaryl/α,β-unsaturated/α-hetero) is 1. The summed E-state index contributed by atoms with van der Waals surface area (Å²) in [7, 11) is 0. The molecule has 64 valence electrons. The van der Waals surface area contributed by atoms with E-state index in [2.05, 4.69) is 13.8 Å². The Bertz CT molecular complexity index is 172. The summed E-state index contributed by atoms with van der Waals surface area (Å²) in [5, 5.41) is 0. The van der Waals surface area contributed by atoms with Crippen molar-refractivity contribution in [3.63, 3.8) is 0 Å². The second-order valence-electron chi connectivity index (χ2n) is 4.35. The van der Waals surface area contributed by atoms with Crippen LogP contribution in [0.4, 0.5) is 0 Å². The summed E-state index contributed by atoms with van der Waals surface area (Å²) in [6.45, 7) is 6.16. The average Bonchev–Trinajstić information content (AvgIpc) is 2.39. The third kappa shape index (κ3) is 2.03. The summed E-state index contributed by atoms with van der Waals surface area (Å²) in [6, 6.07) is -0.272. The highest BCUT2D eigenvalue weighted by Gasteiger charge is 2.46. The van der Waals surface area contributed by atoms with E-state index in [9.17, 15) is 4.79 Å². The van der Waals surface area contributed by atoms with Crippen molar-refractivity contribution < 1.29 is 4.79 Å². The van der Waals surface area contributed by atoms with Gasteiger partial charge in [0, 0.05) is 6.42 Å². The van der Waals surface area contributed by atoms with Crippen LogP contribution in [-0.4, -0.2) is 11.8 Å². The third-order valence-electron chi connectivity index (χ3n) is 2.67. The Kier molecular flexibility index (Phi) is 2.06. The van der Waals surface area contributed by atoms with Crippen LogP contribution in [0.2, 0.25) is 0 Å². The van der Waals surface area contributed by atoms with Gasteiger partial charge in [0.15, 0.2) is 0 Å². The second-order valence-corrected chi connectivity index (χ2v) is 4.35. The number of rotatable bonds is 3. The van der Waals surface area contributed by atoms with Crippen LogP contribution in [0.3, 0.4) is 0 Å². The van der Waals surface area contributed by atoms with E-state index < -0.39 is 0 Å². The normalized spacial score (nSPS) is 29.6. The smallest absolute Gasteiger partial charge is 0.149 e. The molecule has 0 aromatic carbocycles. The van der Waals surface area contributed by atoms with Gasteiger partial charge in [0.05, 0.1) is 6.04 Å². The molecule has 1 rings (SSSR count). The Labute approximate surface area is 68.2 Å². The number of carbonyl (C=O) groups is 1. The summed E-state index contributed by atoms with van der Waals surface area (Å²) >= 11 is 0. The summed E-state index contributed by atoms with van der Waals surface area (Å²) in [4.78, 5) is 11.2. The van der Waals surface area contributed by atoms with Crippen LogP contribution in [0, 0.1) is 11.3 Å². The molecule has 0 radical (unpaired) electrons. The Hall–Kier alpha value is -0.370. The molecule has 1 aliphatic carbocycles. The summed E-state index contributed by atoms with van der Waals surface area (Å²) in [6.07, 6.45) is 1.87. The lowest BCUT2D eigenvalue weighted by Gasteiger charge is -2.04. The van der Waals surface area contributed by atoms with E-state index in [1.807, 2.05) is 0 Å².